The summed E-state index contributed by atoms with van der Waals surface area (Å²) in [5.41, 5.74) is 3.21. The zero-order valence-corrected chi connectivity index (χ0v) is 12.8. The second-order valence-corrected chi connectivity index (χ2v) is 6.64. The zero-order valence-electron chi connectivity index (χ0n) is 12.8. The summed E-state index contributed by atoms with van der Waals surface area (Å²) in [7, 11) is 0. The minimum atomic E-state index is -4.40. The highest BCUT2D eigenvalue weighted by Crippen LogP contribution is 2.44. The van der Waals surface area contributed by atoms with Crippen molar-refractivity contribution in [3.05, 3.63) is 34.9 Å². The molecule has 1 aliphatic carbocycles. The summed E-state index contributed by atoms with van der Waals surface area (Å²) in [4.78, 5) is 24.4. The number of nitrogens with zero attached hydrogens (tertiary/aromatic N) is 1. The van der Waals surface area contributed by atoms with Gasteiger partial charge in [0.2, 0.25) is 5.91 Å². The lowest BCUT2D eigenvalue weighted by Gasteiger charge is -2.34. The number of alkyl halides is 3. The van der Waals surface area contributed by atoms with Gasteiger partial charge in [-0.05, 0) is 42.5 Å². The standard InChI is InChI=1S/C16H17F3N2O3/c17-16(18,19)9-21-8-15(7-13(21)22)4-3-10-1-2-11(14(23)20-24)5-12(10)6-15/h1-2,5,24H,3-4,6-9H2,(H,20,23)/t15-/m0/s1. The number of aryl methyl sites for hydroxylation is 1. The number of nitrogens with one attached hydrogen (secondary N) is 1. The second kappa shape index (κ2) is 5.77. The van der Waals surface area contributed by atoms with Crippen LogP contribution in [-0.4, -0.2) is 41.2 Å². The molecule has 3 rings (SSSR count). The molecule has 0 unspecified atom stereocenters. The molecule has 1 aliphatic heterocycles. The number of carbonyl (C=O) groups excluding carboxylic acids is 2. The van der Waals surface area contributed by atoms with Gasteiger partial charge < -0.3 is 4.90 Å². The van der Waals surface area contributed by atoms with E-state index in [1.54, 1.807) is 23.7 Å². The van der Waals surface area contributed by atoms with Gasteiger partial charge in [-0.15, -0.1) is 0 Å². The molecule has 0 saturated carbocycles. The number of hydrogen-bond donors (Lipinski definition) is 2. The van der Waals surface area contributed by atoms with Gasteiger partial charge in [0.25, 0.3) is 5.91 Å². The van der Waals surface area contributed by atoms with E-state index >= 15 is 0 Å². The van der Waals surface area contributed by atoms with Crippen LogP contribution in [0.4, 0.5) is 13.2 Å². The molecule has 0 bridgehead atoms. The van der Waals surface area contributed by atoms with E-state index in [1.807, 2.05) is 0 Å². The van der Waals surface area contributed by atoms with Crippen LogP contribution < -0.4 is 5.48 Å². The SMILES string of the molecule is O=C(NO)c1ccc2c(c1)C[C@@]1(CC2)CC(=O)N(CC(F)(F)F)C1. The molecule has 1 saturated heterocycles. The predicted molar refractivity (Wildman–Crippen MR) is 77.4 cm³/mol. The average molecular weight is 342 g/mol. The molecular weight excluding hydrogens is 325 g/mol. The Labute approximate surface area is 136 Å². The van der Waals surface area contributed by atoms with Crippen LogP contribution in [0.2, 0.25) is 0 Å². The van der Waals surface area contributed by atoms with E-state index in [9.17, 15) is 22.8 Å². The molecule has 5 nitrogen and oxygen atoms in total. The zero-order chi connectivity index (χ0) is 17.5. The van der Waals surface area contributed by atoms with E-state index in [0.29, 0.717) is 19.3 Å². The minimum Gasteiger partial charge on any atom is -0.333 e. The van der Waals surface area contributed by atoms with Gasteiger partial charge in [-0.1, -0.05) is 6.07 Å². The summed E-state index contributed by atoms with van der Waals surface area (Å²) < 4.78 is 37.8. The first-order valence-electron chi connectivity index (χ1n) is 7.62. The van der Waals surface area contributed by atoms with Gasteiger partial charge in [0, 0.05) is 23.9 Å². The lowest BCUT2D eigenvalue weighted by atomic mass is 9.70. The second-order valence-electron chi connectivity index (χ2n) is 6.64. The molecule has 2 amide bonds. The number of carbonyl (C=O) groups is 2. The minimum absolute atomic E-state index is 0.0845. The molecule has 2 aliphatic rings. The first-order chi connectivity index (χ1) is 11.2. The summed E-state index contributed by atoms with van der Waals surface area (Å²) >= 11 is 0. The molecular formula is C16H17F3N2O3. The number of benzene rings is 1. The van der Waals surface area contributed by atoms with Crippen LogP contribution in [0.15, 0.2) is 18.2 Å². The van der Waals surface area contributed by atoms with Crippen molar-refractivity contribution in [1.82, 2.24) is 10.4 Å². The number of amides is 2. The van der Waals surface area contributed by atoms with Crippen molar-refractivity contribution >= 4 is 11.8 Å². The van der Waals surface area contributed by atoms with Gasteiger partial charge in [-0.25, -0.2) is 5.48 Å². The first-order valence-corrected chi connectivity index (χ1v) is 7.62. The normalized spacial score (nSPS) is 23.5. The Morgan fingerprint density at radius 3 is 2.71 bits per heavy atom. The average Bonchev–Trinajstić information content (AvgIpc) is 2.79. The summed E-state index contributed by atoms with van der Waals surface area (Å²) in [6.07, 6.45) is -2.55. The molecule has 130 valence electrons. The van der Waals surface area contributed by atoms with Gasteiger partial charge in [-0.2, -0.15) is 13.2 Å². The quantitative estimate of drug-likeness (QED) is 0.639. The van der Waals surface area contributed by atoms with Crippen molar-refractivity contribution in [1.29, 1.82) is 0 Å². The first kappa shape index (κ1) is 16.8. The van der Waals surface area contributed by atoms with E-state index < -0.39 is 30.0 Å². The lowest BCUT2D eigenvalue weighted by molar-refractivity contribution is -0.157. The molecule has 24 heavy (non-hydrogen) atoms. The molecule has 1 fully saturated rings. The molecule has 1 heterocycles. The van der Waals surface area contributed by atoms with Crippen molar-refractivity contribution in [3.8, 4) is 0 Å². The van der Waals surface area contributed by atoms with Crippen LogP contribution >= 0.6 is 0 Å². The third kappa shape index (κ3) is 3.24. The van der Waals surface area contributed by atoms with Crippen molar-refractivity contribution < 1.29 is 28.0 Å². The van der Waals surface area contributed by atoms with E-state index in [1.165, 1.54) is 0 Å². The Hall–Kier alpha value is -2.09. The van der Waals surface area contributed by atoms with Crippen molar-refractivity contribution in [3.63, 3.8) is 0 Å². The van der Waals surface area contributed by atoms with Crippen molar-refractivity contribution in [2.45, 2.75) is 31.9 Å². The lowest BCUT2D eigenvalue weighted by Crippen LogP contribution is -2.38. The molecule has 1 aromatic carbocycles. The van der Waals surface area contributed by atoms with Crippen LogP contribution in [0.3, 0.4) is 0 Å². The molecule has 2 N–H and O–H groups in total. The predicted octanol–water partition coefficient (Wildman–Crippen LogP) is 2.08. The highest BCUT2D eigenvalue weighted by Gasteiger charge is 2.47. The van der Waals surface area contributed by atoms with Gasteiger partial charge in [0.15, 0.2) is 0 Å². The van der Waals surface area contributed by atoms with Crippen LogP contribution in [0.1, 0.15) is 34.3 Å². The third-order valence-corrected chi connectivity index (χ3v) is 4.84. The topological polar surface area (TPSA) is 69.6 Å². The van der Waals surface area contributed by atoms with E-state index in [0.717, 1.165) is 16.0 Å². The fourth-order valence-corrected chi connectivity index (χ4v) is 3.76. The van der Waals surface area contributed by atoms with Gasteiger partial charge in [0.05, 0.1) is 0 Å². The summed E-state index contributed by atoms with van der Waals surface area (Å²) in [6.45, 7) is -1.13. The van der Waals surface area contributed by atoms with Crippen molar-refractivity contribution in [2.24, 2.45) is 5.41 Å². The highest BCUT2D eigenvalue weighted by atomic mass is 19.4. The summed E-state index contributed by atoms with van der Waals surface area (Å²) in [6, 6.07) is 5.02. The Morgan fingerprint density at radius 2 is 2.04 bits per heavy atom. The maximum absolute atomic E-state index is 12.6. The molecule has 8 heteroatoms. The van der Waals surface area contributed by atoms with Crippen LogP contribution in [-0.2, 0) is 17.6 Å². The smallest absolute Gasteiger partial charge is 0.333 e. The Kier molecular flexibility index (Phi) is 4.03. The summed E-state index contributed by atoms with van der Waals surface area (Å²) in [5, 5.41) is 8.72. The van der Waals surface area contributed by atoms with E-state index in [4.69, 9.17) is 5.21 Å². The van der Waals surface area contributed by atoms with Gasteiger partial charge >= 0.3 is 6.18 Å². The van der Waals surface area contributed by atoms with Crippen LogP contribution in [0.25, 0.3) is 0 Å². The largest absolute Gasteiger partial charge is 0.406 e. The number of hydroxylamine groups is 1. The number of hydrogen-bond acceptors (Lipinski definition) is 3. The molecule has 1 atom stereocenters. The summed E-state index contributed by atoms with van der Waals surface area (Å²) in [5.74, 6) is -1.11. The van der Waals surface area contributed by atoms with Gasteiger partial charge in [-0.3, -0.25) is 14.8 Å². The molecule has 1 spiro atoms. The Bertz CT molecular complexity index is 690. The molecule has 1 aromatic rings. The maximum Gasteiger partial charge on any atom is 0.406 e. The third-order valence-electron chi connectivity index (χ3n) is 4.84. The fourth-order valence-electron chi connectivity index (χ4n) is 3.76. The van der Waals surface area contributed by atoms with Gasteiger partial charge in [0.1, 0.15) is 6.54 Å². The number of likely N-dealkylation sites (tertiary alicyclic amines) is 1. The molecule has 0 radical (unpaired) electrons. The monoisotopic (exact) mass is 342 g/mol. The molecule has 0 aromatic heterocycles. The Morgan fingerprint density at radius 1 is 1.29 bits per heavy atom. The van der Waals surface area contributed by atoms with E-state index in [-0.39, 0.29) is 18.5 Å². The number of fused-ring (bicyclic) bond motifs is 1. The number of rotatable bonds is 2. The maximum atomic E-state index is 12.6. The van der Waals surface area contributed by atoms with Crippen LogP contribution in [0, 0.1) is 5.41 Å². The Balaban J connectivity index is 1.81. The van der Waals surface area contributed by atoms with E-state index in [2.05, 4.69) is 0 Å². The van der Waals surface area contributed by atoms with Crippen LogP contribution in [0.5, 0.6) is 0 Å². The van der Waals surface area contributed by atoms with Crippen molar-refractivity contribution in [2.75, 3.05) is 13.1 Å². The number of halogens is 3. The highest BCUT2D eigenvalue weighted by molar-refractivity contribution is 5.93. The fraction of sp³-hybridized carbons (Fsp3) is 0.500.